The van der Waals surface area contributed by atoms with Gasteiger partial charge in [-0.25, -0.2) is 0 Å². The first-order valence-electron chi connectivity index (χ1n) is 9.23. The third-order valence-electron chi connectivity index (χ3n) is 6.25. The first kappa shape index (κ1) is 17.8. The minimum Gasteiger partial charge on any atom is -0.455 e. The van der Waals surface area contributed by atoms with Crippen molar-refractivity contribution in [2.24, 2.45) is 17.3 Å². The molecule has 1 aromatic carbocycles. The highest BCUT2D eigenvalue weighted by Gasteiger charge is 2.60. The Labute approximate surface area is 158 Å². The van der Waals surface area contributed by atoms with Crippen molar-refractivity contribution in [2.75, 3.05) is 11.9 Å². The average molecular weight is 378 g/mol. The Kier molecular flexibility index (Phi) is 4.27. The van der Waals surface area contributed by atoms with Crippen LogP contribution in [0.4, 0.5) is 5.69 Å². The average Bonchev–Trinajstić information content (AvgIpc) is 2.53. The Hall–Kier alpha value is -1.59. The van der Waals surface area contributed by atoms with Gasteiger partial charge < -0.3 is 15.2 Å². The van der Waals surface area contributed by atoms with Gasteiger partial charge in [-0.2, -0.15) is 0 Å². The minimum atomic E-state index is -0.718. The molecule has 140 valence electrons. The van der Waals surface area contributed by atoms with Crippen molar-refractivity contribution in [1.29, 1.82) is 0 Å². The minimum absolute atomic E-state index is 0.320. The lowest BCUT2D eigenvalue weighted by molar-refractivity contribution is -0.196. The number of esters is 1. The number of nitrogens with one attached hydrogen (secondary N) is 1. The molecule has 6 heteroatoms. The van der Waals surface area contributed by atoms with Crippen molar-refractivity contribution in [3.05, 3.63) is 28.8 Å². The molecule has 0 spiro atoms. The highest BCUT2D eigenvalue weighted by molar-refractivity contribution is 6.31. The number of halogens is 1. The van der Waals surface area contributed by atoms with Gasteiger partial charge in [-0.3, -0.25) is 9.59 Å². The van der Waals surface area contributed by atoms with Gasteiger partial charge in [0.1, 0.15) is 0 Å². The van der Waals surface area contributed by atoms with Crippen molar-refractivity contribution < 1.29 is 19.4 Å². The van der Waals surface area contributed by atoms with Crippen molar-refractivity contribution >= 4 is 29.2 Å². The first-order valence-corrected chi connectivity index (χ1v) is 9.60. The van der Waals surface area contributed by atoms with E-state index in [9.17, 15) is 14.7 Å². The van der Waals surface area contributed by atoms with E-state index >= 15 is 0 Å². The fourth-order valence-electron chi connectivity index (χ4n) is 5.60. The zero-order valence-electron chi connectivity index (χ0n) is 14.9. The molecule has 5 nitrogen and oxygen atoms in total. The molecule has 2 N–H and O–H groups in total. The molecule has 4 fully saturated rings. The van der Waals surface area contributed by atoms with Crippen molar-refractivity contribution in [3.63, 3.8) is 0 Å². The molecule has 1 aromatic rings. The monoisotopic (exact) mass is 377 g/mol. The summed E-state index contributed by atoms with van der Waals surface area (Å²) in [6.07, 6.45) is 4.73. The Morgan fingerprint density at radius 1 is 1.27 bits per heavy atom. The normalized spacial score (nSPS) is 34.6. The summed E-state index contributed by atoms with van der Waals surface area (Å²) in [6.45, 7) is 1.56. The summed E-state index contributed by atoms with van der Waals surface area (Å²) in [4.78, 5) is 24.9. The van der Waals surface area contributed by atoms with E-state index in [1.165, 1.54) is 0 Å². The van der Waals surface area contributed by atoms with E-state index in [4.69, 9.17) is 16.3 Å². The second kappa shape index (κ2) is 6.24. The van der Waals surface area contributed by atoms with Crippen LogP contribution in [-0.2, 0) is 14.3 Å². The molecule has 4 bridgehead atoms. The van der Waals surface area contributed by atoms with Crippen LogP contribution < -0.4 is 5.32 Å². The van der Waals surface area contributed by atoms with Gasteiger partial charge >= 0.3 is 5.97 Å². The maximum Gasteiger partial charge on any atom is 0.312 e. The molecule has 0 aliphatic heterocycles. The molecule has 5 rings (SSSR count). The Morgan fingerprint density at radius 3 is 2.58 bits per heavy atom. The number of hydrogen-bond donors (Lipinski definition) is 2. The lowest BCUT2D eigenvalue weighted by Crippen LogP contribution is -2.58. The van der Waals surface area contributed by atoms with E-state index in [2.05, 4.69) is 5.32 Å². The van der Waals surface area contributed by atoms with Crippen molar-refractivity contribution in [3.8, 4) is 0 Å². The Balaban J connectivity index is 1.36. The van der Waals surface area contributed by atoms with E-state index in [0.29, 0.717) is 29.0 Å². The molecule has 4 saturated carbocycles. The van der Waals surface area contributed by atoms with Crippen LogP contribution in [0.5, 0.6) is 0 Å². The second-order valence-corrected chi connectivity index (χ2v) is 8.96. The number of aliphatic hydroxyl groups is 1. The van der Waals surface area contributed by atoms with Gasteiger partial charge in [0.25, 0.3) is 5.91 Å². The van der Waals surface area contributed by atoms with Gasteiger partial charge in [-0.1, -0.05) is 17.7 Å². The summed E-state index contributed by atoms with van der Waals surface area (Å²) in [5, 5.41) is 14.0. The quantitative estimate of drug-likeness (QED) is 0.788. The molecular formula is C20H24ClNO4. The summed E-state index contributed by atoms with van der Waals surface area (Å²) in [5.74, 6) is 0.0819. The van der Waals surface area contributed by atoms with Gasteiger partial charge in [0, 0.05) is 10.7 Å². The third kappa shape index (κ3) is 3.23. The van der Waals surface area contributed by atoms with Crippen LogP contribution in [0.25, 0.3) is 0 Å². The van der Waals surface area contributed by atoms with E-state index in [1.54, 1.807) is 12.1 Å². The Morgan fingerprint density at radius 2 is 1.96 bits per heavy atom. The lowest BCUT2D eigenvalue weighted by atomic mass is 9.48. The number of ether oxygens (including phenoxy) is 1. The number of hydrogen-bond acceptors (Lipinski definition) is 4. The highest BCUT2D eigenvalue weighted by Crippen LogP contribution is 2.61. The van der Waals surface area contributed by atoms with Crippen LogP contribution in [-0.4, -0.2) is 29.2 Å². The highest BCUT2D eigenvalue weighted by atomic mass is 35.5. The molecule has 0 heterocycles. The molecule has 0 saturated heterocycles. The van der Waals surface area contributed by atoms with E-state index in [-0.39, 0.29) is 18.5 Å². The molecule has 4 aliphatic carbocycles. The zero-order valence-corrected chi connectivity index (χ0v) is 15.6. The summed E-state index contributed by atoms with van der Waals surface area (Å²) in [7, 11) is 0. The fourth-order valence-corrected chi connectivity index (χ4v) is 5.79. The first-order chi connectivity index (χ1) is 12.3. The molecule has 0 aromatic heterocycles. The van der Waals surface area contributed by atoms with Gasteiger partial charge in [0.2, 0.25) is 0 Å². The molecule has 4 atom stereocenters. The molecule has 1 amide bonds. The number of amides is 1. The van der Waals surface area contributed by atoms with Crippen LogP contribution in [0.15, 0.2) is 18.2 Å². The van der Waals surface area contributed by atoms with Gasteiger partial charge in [-0.05, 0) is 75.0 Å². The van der Waals surface area contributed by atoms with Crippen LogP contribution in [0, 0.1) is 24.2 Å². The van der Waals surface area contributed by atoms with Crippen molar-refractivity contribution in [1.82, 2.24) is 0 Å². The molecule has 26 heavy (non-hydrogen) atoms. The molecule has 0 radical (unpaired) electrons. The fraction of sp³-hybridized carbons (Fsp3) is 0.600. The zero-order chi connectivity index (χ0) is 18.5. The number of rotatable bonds is 4. The van der Waals surface area contributed by atoms with E-state index in [1.807, 2.05) is 13.0 Å². The largest absolute Gasteiger partial charge is 0.455 e. The molecule has 2 unspecified atom stereocenters. The predicted molar refractivity (Wildman–Crippen MR) is 97.8 cm³/mol. The summed E-state index contributed by atoms with van der Waals surface area (Å²) < 4.78 is 5.36. The van der Waals surface area contributed by atoms with E-state index in [0.717, 1.165) is 37.7 Å². The SMILES string of the molecule is Cc1ccc(NC(=O)COC(=O)C23C[C@@H]4C[C@@H](CC(O)(C4)C2)C3)cc1Cl. The third-order valence-corrected chi connectivity index (χ3v) is 6.66. The number of benzene rings is 1. The van der Waals surface area contributed by atoms with Gasteiger partial charge in [0.15, 0.2) is 6.61 Å². The number of carbonyl (C=O) groups excluding carboxylic acids is 2. The number of anilines is 1. The van der Waals surface area contributed by atoms with Crippen LogP contribution in [0.3, 0.4) is 0 Å². The molecular weight excluding hydrogens is 354 g/mol. The molecule has 4 aliphatic rings. The van der Waals surface area contributed by atoms with Crippen LogP contribution in [0.2, 0.25) is 5.02 Å². The summed E-state index contributed by atoms with van der Waals surface area (Å²) in [6, 6.07) is 5.25. The summed E-state index contributed by atoms with van der Waals surface area (Å²) >= 11 is 6.05. The maximum atomic E-state index is 12.8. The number of carbonyl (C=O) groups is 2. The van der Waals surface area contributed by atoms with Crippen molar-refractivity contribution in [2.45, 2.75) is 51.0 Å². The van der Waals surface area contributed by atoms with Crippen LogP contribution in [0.1, 0.15) is 44.1 Å². The van der Waals surface area contributed by atoms with Gasteiger partial charge in [0.05, 0.1) is 11.0 Å². The topological polar surface area (TPSA) is 75.6 Å². The standard InChI is InChI=1S/C20H24ClNO4/c1-12-2-3-15(5-16(12)21)22-17(23)10-26-18(24)19-6-13-4-14(7-19)9-20(25,8-13)11-19/h2-3,5,13-14,25H,4,6-11H2,1H3,(H,22,23)/t13-,14+,19?,20?. The second-order valence-electron chi connectivity index (χ2n) is 8.55. The van der Waals surface area contributed by atoms with E-state index < -0.39 is 11.0 Å². The Bertz CT molecular complexity index is 748. The summed E-state index contributed by atoms with van der Waals surface area (Å²) in [5.41, 5.74) is 0.178. The number of aryl methyl sites for hydroxylation is 1. The lowest BCUT2D eigenvalue weighted by Gasteiger charge is -2.58. The smallest absolute Gasteiger partial charge is 0.312 e. The van der Waals surface area contributed by atoms with Crippen LogP contribution >= 0.6 is 11.6 Å². The predicted octanol–water partition coefficient (Wildman–Crippen LogP) is 3.46. The van der Waals surface area contributed by atoms with Gasteiger partial charge in [-0.15, -0.1) is 0 Å². The maximum absolute atomic E-state index is 12.8.